The monoisotopic (exact) mass is 435 g/mol. The maximum atomic E-state index is 12.7. The van der Waals surface area contributed by atoms with Gasteiger partial charge in [0.25, 0.3) is 0 Å². The van der Waals surface area contributed by atoms with Gasteiger partial charge in [-0.3, -0.25) is 4.79 Å². The van der Waals surface area contributed by atoms with E-state index in [9.17, 15) is 4.79 Å². The van der Waals surface area contributed by atoms with E-state index in [0.717, 1.165) is 38.5 Å². The Kier molecular flexibility index (Phi) is 6.01. The van der Waals surface area contributed by atoms with Gasteiger partial charge in [0, 0.05) is 16.3 Å². The molecule has 7 heteroatoms. The summed E-state index contributed by atoms with van der Waals surface area (Å²) < 4.78 is 5.19. The molecule has 0 aliphatic carbocycles. The number of thioether (sulfide) groups is 1. The first-order valence-electron chi connectivity index (χ1n) is 9.47. The highest BCUT2D eigenvalue weighted by atomic mass is 32.2. The van der Waals surface area contributed by atoms with Gasteiger partial charge in [-0.15, -0.1) is 11.3 Å². The number of methoxy groups -OCH3 is 1. The number of para-hydroxylation sites is 1. The van der Waals surface area contributed by atoms with Crippen LogP contribution in [-0.2, 0) is 4.79 Å². The van der Waals surface area contributed by atoms with Crippen LogP contribution >= 0.6 is 23.1 Å². The number of hydrogen-bond acceptors (Lipinski definition) is 6. The lowest BCUT2D eigenvalue weighted by atomic mass is 10.1. The molecule has 2 heterocycles. The highest BCUT2D eigenvalue weighted by Crippen LogP contribution is 2.29. The van der Waals surface area contributed by atoms with Gasteiger partial charge >= 0.3 is 0 Å². The lowest BCUT2D eigenvalue weighted by Gasteiger charge is -2.11. The van der Waals surface area contributed by atoms with Crippen molar-refractivity contribution < 1.29 is 9.53 Å². The van der Waals surface area contributed by atoms with Crippen LogP contribution in [0, 0.1) is 6.92 Å². The molecule has 30 heavy (non-hydrogen) atoms. The molecule has 0 saturated carbocycles. The molecule has 0 saturated heterocycles. The first kappa shape index (κ1) is 20.4. The Hall–Kier alpha value is -2.90. The predicted molar refractivity (Wildman–Crippen MR) is 125 cm³/mol. The zero-order valence-electron chi connectivity index (χ0n) is 16.9. The molecule has 1 amide bonds. The van der Waals surface area contributed by atoms with Gasteiger partial charge in [0.05, 0.1) is 28.6 Å². The minimum Gasteiger partial charge on any atom is -0.497 e. The first-order chi connectivity index (χ1) is 14.5. The van der Waals surface area contributed by atoms with Crippen LogP contribution in [0.5, 0.6) is 5.75 Å². The van der Waals surface area contributed by atoms with Crippen LogP contribution in [0.3, 0.4) is 0 Å². The number of fused-ring (bicyclic) bond motifs is 1. The van der Waals surface area contributed by atoms with Gasteiger partial charge in [0.15, 0.2) is 5.13 Å². The number of pyridine rings is 1. The number of anilines is 1. The van der Waals surface area contributed by atoms with Gasteiger partial charge in [-0.05, 0) is 55.8 Å². The lowest BCUT2D eigenvalue weighted by Crippen LogP contribution is -2.22. The Labute approximate surface area is 183 Å². The van der Waals surface area contributed by atoms with E-state index >= 15 is 0 Å². The molecule has 0 aliphatic heterocycles. The average molecular weight is 436 g/mol. The van der Waals surface area contributed by atoms with E-state index in [2.05, 4.69) is 28.3 Å². The molecule has 0 fully saturated rings. The fourth-order valence-corrected chi connectivity index (χ4v) is 4.69. The highest BCUT2D eigenvalue weighted by Gasteiger charge is 2.18. The largest absolute Gasteiger partial charge is 0.497 e. The fourth-order valence-electron chi connectivity index (χ4n) is 3.05. The summed E-state index contributed by atoms with van der Waals surface area (Å²) in [6.45, 7) is 3.94. The number of aromatic nitrogens is 2. The molecule has 0 spiro atoms. The summed E-state index contributed by atoms with van der Waals surface area (Å²) in [6.07, 6.45) is 0. The molecule has 0 bridgehead atoms. The molecule has 0 aliphatic rings. The van der Waals surface area contributed by atoms with E-state index in [0.29, 0.717) is 5.13 Å². The number of amides is 1. The van der Waals surface area contributed by atoms with Gasteiger partial charge in [0.2, 0.25) is 5.91 Å². The molecule has 1 atom stereocenters. The zero-order valence-corrected chi connectivity index (χ0v) is 18.5. The van der Waals surface area contributed by atoms with Crippen molar-refractivity contribution in [3.05, 3.63) is 65.5 Å². The number of benzene rings is 2. The molecule has 4 rings (SSSR count). The van der Waals surface area contributed by atoms with E-state index in [1.165, 1.54) is 23.1 Å². The average Bonchev–Trinajstić information content (AvgIpc) is 3.22. The van der Waals surface area contributed by atoms with Crippen molar-refractivity contribution in [1.29, 1.82) is 0 Å². The summed E-state index contributed by atoms with van der Waals surface area (Å²) >= 11 is 2.86. The number of ether oxygens (including phenoxy) is 1. The number of carbonyl (C=O) groups excluding carboxylic acids is 1. The number of carbonyl (C=O) groups is 1. The van der Waals surface area contributed by atoms with Crippen LogP contribution in [-0.4, -0.2) is 28.2 Å². The van der Waals surface area contributed by atoms with E-state index in [-0.39, 0.29) is 11.2 Å². The molecular weight excluding hydrogens is 414 g/mol. The molecule has 2 aromatic carbocycles. The van der Waals surface area contributed by atoms with Crippen molar-refractivity contribution in [1.82, 2.24) is 9.97 Å². The van der Waals surface area contributed by atoms with E-state index in [1.54, 1.807) is 7.11 Å². The van der Waals surface area contributed by atoms with E-state index in [1.807, 2.05) is 60.8 Å². The van der Waals surface area contributed by atoms with Crippen LogP contribution in [0.2, 0.25) is 0 Å². The van der Waals surface area contributed by atoms with Crippen molar-refractivity contribution in [2.24, 2.45) is 0 Å². The van der Waals surface area contributed by atoms with Crippen molar-refractivity contribution >= 4 is 45.0 Å². The summed E-state index contributed by atoms with van der Waals surface area (Å²) in [4.78, 5) is 21.9. The minimum absolute atomic E-state index is 0.0942. The zero-order chi connectivity index (χ0) is 21.1. The fraction of sp³-hybridized carbons (Fsp3) is 0.174. The predicted octanol–water partition coefficient (Wildman–Crippen LogP) is 5.79. The van der Waals surface area contributed by atoms with E-state index < -0.39 is 0 Å². The molecule has 0 radical (unpaired) electrons. The Bertz CT molecular complexity index is 1190. The molecule has 4 aromatic rings. The molecular formula is C23H21N3O2S2. The molecule has 1 N–H and O–H groups in total. The van der Waals surface area contributed by atoms with Gasteiger partial charge in [-0.25, -0.2) is 9.97 Å². The number of hydrogen-bond donors (Lipinski definition) is 1. The van der Waals surface area contributed by atoms with Gasteiger partial charge < -0.3 is 10.1 Å². The Balaban J connectivity index is 1.43. The van der Waals surface area contributed by atoms with Crippen molar-refractivity contribution in [2.45, 2.75) is 24.1 Å². The maximum absolute atomic E-state index is 12.7. The lowest BCUT2D eigenvalue weighted by molar-refractivity contribution is -0.115. The summed E-state index contributed by atoms with van der Waals surface area (Å²) in [5, 5.41) is 7.11. The standard InChI is InChI=1S/C23H21N3O2S2/c1-14-12-21(24-19-7-5-4-6-18(14)19)30-15(2)22(27)26-23-25-20(13-29-23)16-8-10-17(28-3)11-9-16/h4-13,15H,1-3H3,(H,25,26,27). The Morgan fingerprint density at radius 3 is 2.67 bits per heavy atom. The molecule has 2 aromatic heterocycles. The summed E-state index contributed by atoms with van der Waals surface area (Å²) in [5.41, 5.74) is 3.90. The quantitative estimate of drug-likeness (QED) is 0.388. The smallest absolute Gasteiger partial charge is 0.239 e. The topological polar surface area (TPSA) is 64.1 Å². The van der Waals surface area contributed by atoms with Gasteiger partial charge in [-0.2, -0.15) is 0 Å². The second kappa shape index (κ2) is 8.85. The van der Waals surface area contributed by atoms with Crippen LogP contribution in [0.1, 0.15) is 12.5 Å². The van der Waals surface area contributed by atoms with Crippen LogP contribution in [0.25, 0.3) is 22.2 Å². The third-order valence-corrected chi connectivity index (χ3v) is 6.46. The highest BCUT2D eigenvalue weighted by molar-refractivity contribution is 8.00. The van der Waals surface area contributed by atoms with Crippen molar-refractivity contribution in [3.63, 3.8) is 0 Å². The van der Waals surface area contributed by atoms with Crippen molar-refractivity contribution in [2.75, 3.05) is 12.4 Å². The molecule has 5 nitrogen and oxygen atoms in total. The molecule has 1 unspecified atom stereocenters. The SMILES string of the molecule is COc1ccc(-c2csc(NC(=O)C(C)Sc3cc(C)c4ccccc4n3)n2)cc1. The van der Waals surface area contributed by atoms with Crippen LogP contribution < -0.4 is 10.1 Å². The molecule has 152 valence electrons. The van der Waals surface area contributed by atoms with Crippen molar-refractivity contribution in [3.8, 4) is 17.0 Å². The number of nitrogens with one attached hydrogen (secondary N) is 1. The van der Waals surface area contributed by atoms with Gasteiger partial charge in [-0.1, -0.05) is 30.0 Å². The number of thiazole rings is 1. The Morgan fingerprint density at radius 1 is 1.13 bits per heavy atom. The van der Waals surface area contributed by atoms with E-state index in [4.69, 9.17) is 4.74 Å². The number of aryl methyl sites for hydroxylation is 1. The maximum Gasteiger partial charge on any atom is 0.239 e. The second-order valence-electron chi connectivity index (χ2n) is 6.81. The second-order valence-corrected chi connectivity index (χ2v) is 9.03. The first-order valence-corrected chi connectivity index (χ1v) is 11.2. The minimum atomic E-state index is -0.300. The number of nitrogens with zero attached hydrogens (tertiary/aromatic N) is 2. The Morgan fingerprint density at radius 2 is 1.90 bits per heavy atom. The van der Waals surface area contributed by atoms with Gasteiger partial charge in [0.1, 0.15) is 5.75 Å². The summed E-state index contributed by atoms with van der Waals surface area (Å²) in [7, 11) is 1.64. The summed E-state index contributed by atoms with van der Waals surface area (Å²) in [6, 6.07) is 17.8. The van der Waals surface area contributed by atoms with Crippen LogP contribution in [0.15, 0.2) is 65.0 Å². The van der Waals surface area contributed by atoms with Crippen LogP contribution in [0.4, 0.5) is 5.13 Å². The normalized spacial score (nSPS) is 12.0. The number of rotatable bonds is 6. The summed E-state index contributed by atoms with van der Waals surface area (Å²) in [5.74, 6) is 0.703. The third-order valence-electron chi connectivity index (χ3n) is 4.69. The third kappa shape index (κ3) is 4.47.